The van der Waals surface area contributed by atoms with Crippen LogP contribution in [0, 0.1) is 5.92 Å². The first kappa shape index (κ1) is 15.3. The number of ether oxygens (including phenoxy) is 1. The number of rotatable bonds is 6. The Morgan fingerprint density at radius 2 is 2.20 bits per heavy atom. The Balaban J connectivity index is 1.88. The summed E-state index contributed by atoms with van der Waals surface area (Å²) in [5, 5.41) is 8.87. The summed E-state index contributed by atoms with van der Waals surface area (Å²) >= 11 is 1.30. The summed E-state index contributed by atoms with van der Waals surface area (Å²) in [7, 11) is 1.88. The topological polar surface area (TPSA) is 83.0 Å². The second-order valence-corrected chi connectivity index (χ2v) is 6.27. The maximum atomic E-state index is 10.8. The van der Waals surface area contributed by atoms with Gasteiger partial charge in [-0.15, -0.1) is 10.2 Å². The van der Waals surface area contributed by atoms with Gasteiger partial charge in [-0.1, -0.05) is 31.5 Å². The van der Waals surface area contributed by atoms with Gasteiger partial charge in [-0.05, 0) is 18.8 Å². The smallest absolute Gasteiger partial charge is 0.227 e. The van der Waals surface area contributed by atoms with Crippen LogP contribution in [-0.4, -0.2) is 32.5 Å². The lowest BCUT2D eigenvalue weighted by atomic mass is 9.88. The predicted molar refractivity (Wildman–Crippen MR) is 77.1 cm³/mol. The van der Waals surface area contributed by atoms with Crippen molar-refractivity contribution in [1.29, 1.82) is 0 Å². The molecule has 2 rings (SSSR count). The molecule has 0 saturated heterocycles. The van der Waals surface area contributed by atoms with Crippen molar-refractivity contribution in [3.05, 3.63) is 5.82 Å². The molecule has 1 heterocycles. The minimum Gasteiger partial charge on any atom is -0.370 e. The molecule has 7 heteroatoms. The Morgan fingerprint density at radius 1 is 1.45 bits per heavy atom. The molecule has 2 atom stereocenters. The van der Waals surface area contributed by atoms with Gasteiger partial charge in [0.2, 0.25) is 5.91 Å². The van der Waals surface area contributed by atoms with Crippen molar-refractivity contribution < 1.29 is 9.53 Å². The first-order chi connectivity index (χ1) is 9.58. The zero-order valence-electron chi connectivity index (χ0n) is 12.0. The number of carbonyl (C=O) groups is 1. The number of hydrogen-bond donors (Lipinski definition) is 1. The maximum Gasteiger partial charge on any atom is 0.227 e. The molecule has 0 bridgehead atoms. The molecule has 1 aliphatic rings. The molecule has 1 amide bonds. The first-order valence-electron chi connectivity index (χ1n) is 6.99. The summed E-state index contributed by atoms with van der Waals surface area (Å²) < 4.78 is 7.84. The van der Waals surface area contributed by atoms with Gasteiger partial charge >= 0.3 is 0 Å². The average Bonchev–Trinajstić information content (AvgIpc) is 2.76. The van der Waals surface area contributed by atoms with Crippen LogP contribution in [0.25, 0.3) is 0 Å². The van der Waals surface area contributed by atoms with Crippen LogP contribution in [0.3, 0.4) is 0 Å². The van der Waals surface area contributed by atoms with E-state index in [-0.39, 0.29) is 11.7 Å². The number of hydrogen-bond acceptors (Lipinski definition) is 5. The summed E-state index contributed by atoms with van der Waals surface area (Å²) in [6, 6.07) is 0. The molecular formula is C13H22N4O2S. The highest BCUT2D eigenvalue weighted by Gasteiger charge is 2.22. The fourth-order valence-corrected chi connectivity index (χ4v) is 3.11. The highest BCUT2D eigenvalue weighted by atomic mass is 32.2. The van der Waals surface area contributed by atoms with E-state index >= 15 is 0 Å². The van der Waals surface area contributed by atoms with Gasteiger partial charge in [0.25, 0.3) is 0 Å². The van der Waals surface area contributed by atoms with Crippen LogP contribution in [0.2, 0.25) is 0 Å². The SMILES string of the molecule is CC1CCCCC1OCc1nnc(SCC(N)=O)n1C. The van der Waals surface area contributed by atoms with Gasteiger partial charge in [-0.2, -0.15) is 0 Å². The van der Waals surface area contributed by atoms with Gasteiger partial charge in [0.05, 0.1) is 11.9 Å². The van der Waals surface area contributed by atoms with E-state index < -0.39 is 0 Å². The Labute approximate surface area is 123 Å². The van der Waals surface area contributed by atoms with Crippen LogP contribution in [0.15, 0.2) is 5.16 Å². The standard InChI is InChI=1S/C13H22N4O2S/c1-9-5-3-4-6-10(9)19-7-12-15-16-13(17(12)2)20-8-11(14)18/h9-10H,3-8H2,1-2H3,(H2,14,18). The molecule has 0 radical (unpaired) electrons. The molecule has 0 spiro atoms. The number of aromatic nitrogens is 3. The summed E-state index contributed by atoms with van der Waals surface area (Å²) in [6.45, 7) is 2.71. The van der Waals surface area contributed by atoms with E-state index in [9.17, 15) is 4.79 Å². The number of nitrogens with two attached hydrogens (primary N) is 1. The number of primary amides is 1. The summed E-state index contributed by atoms with van der Waals surface area (Å²) in [6.07, 6.45) is 5.24. The van der Waals surface area contributed by atoms with Crippen LogP contribution in [-0.2, 0) is 23.2 Å². The van der Waals surface area contributed by atoms with Crippen molar-refractivity contribution >= 4 is 17.7 Å². The quantitative estimate of drug-likeness (QED) is 0.804. The molecule has 6 nitrogen and oxygen atoms in total. The van der Waals surface area contributed by atoms with Gasteiger partial charge in [-0.25, -0.2) is 0 Å². The molecule has 2 N–H and O–H groups in total. The van der Waals surface area contributed by atoms with Gasteiger partial charge < -0.3 is 15.0 Å². The van der Waals surface area contributed by atoms with E-state index in [1.54, 1.807) is 0 Å². The molecule has 0 aliphatic heterocycles. The lowest BCUT2D eigenvalue weighted by molar-refractivity contribution is -0.115. The Hall–Kier alpha value is -1.08. The minimum absolute atomic E-state index is 0.215. The molecule has 1 aromatic heterocycles. The monoisotopic (exact) mass is 298 g/mol. The normalized spacial score (nSPS) is 22.9. The summed E-state index contributed by atoms with van der Waals surface area (Å²) in [4.78, 5) is 10.8. The van der Waals surface area contributed by atoms with E-state index in [0.717, 1.165) is 12.2 Å². The summed E-state index contributed by atoms with van der Waals surface area (Å²) in [5.74, 6) is 1.26. The zero-order chi connectivity index (χ0) is 14.5. The van der Waals surface area contributed by atoms with Crippen LogP contribution >= 0.6 is 11.8 Å². The van der Waals surface area contributed by atoms with Crippen LogP contribution in [0.5, 0.6) is 0 Å². The molecule has 0 aromatic carbocycles. The Kier molecular flexibility index (Phi) is 5.42. The average molecular weight is 298 g/mol. The van der Waals surface area contributed by atoms with E-state index in [0.29, 0.717) is 23.8 Å². The first-order valence-corrected chi connectivity index (χ1v) is 7.97. The molecule has 2 unspecified atom stereocenters. The van der Waals surface area contributed by atoms with Crippen LogP contribution < -0.4 is 5.73 Å². The number of amides is 1. The van der Waals surface area contributed by atoms with Gasteiger partial charge in [0, 0.05) is 7.05 Å². The maximum absolute atomic E-state index is 10.8. The second kappa shape index (κ2) is 7.08. The predicted octanol–water partition coefficient (Wildman–Crippen LogP) is 1.49. The molecule has 20 heavy (non-hydrogen) atoms. The third-order valence-electron chi connectivity index (χ3n) is 3.73. The van der Waals surface area contributed by atoms with Crippen molar-refractivity contribution in [1.82, 2.24) is 14.8 Å². The number of thioether (sulfide) groups is 1. The third-order valence-corrected chi connectivity index (χ3v) is 4.77. The number of nitrogens with zero attached hydrogens (tertiary/aromatic N) is 3. The minimum atomic E-state index is -0.355. The van der Waals surface area contributed by atoms with Crippen LogP contribution in [0.4, 0.5) is 0 Å². The molecule has 1 fully saturated rings. The highest BCUT2D eigenvalue weighted by molar-refractivity contribution is 7.99. The lowest BCUT2D eigenvalue weighted by Crippen LogP contribution is -2.25. The Morgan fingerprint density at radius 3 is 2.90 bits per heavy atom. The van der Waals surface area contributed by atoms with Crippen molar-refractivity contribution in [3.63, 3.8) is 0 Å². The van der Waals surface area contributed by atoms with Crippen molar-refractivity contribution in [2.75, 3.05) is 5.75 Å². The fourth-order valence-electron chi connectivity index (χ4n) is 2.44. The Bertz CT molecular complexity index is 463. The van der Waals surface area contributed by atoms with E-state index in [4.69, 9.17) is 10.5 Å². The van der Waals surface area contributed by atoms with Gasteiger partial charge in [-0.3, -0.25) is 4.79 Å². The molecule has 1 saturated carbocycles. The van der Waals surface area contributed by atoms with E-state index in [2.05, 4.69) is 17.1 Å². The van der Waals surface area contributed by atoms with Crippen LogP contribution in [0.1, 0.15) is 38.4 Å². The number of carbonyl (C=O) groups excluding carboxylic acids is 1. The van der Waals surface area contributed by atoms with Crippen molar-refractivity contribution in [3.8, 4) is 0 Å². The largest absolute Gasteiger partial charge is 0.370 e. The van der Waals surface area contributed by atoms with Crippen molar-refractivity contribution in [2.45, 2.75) is 50.5 Å². The summed E-state index contributed by atoms with van der Waals surface area (Å²) in [5.41, 5.74) is 5.13. The third kappa shape index (κ3) is 3.96. The highest BCUT2D eigenvalue weighted by Crippen LogP contribution is 2.27. The molecule has 1 aromatic rings. The molecule has 112 valence electrons. The van der Waals surface area contributed by atoms with Gasteiger partial charge in [0.15, 0.2) is 11.0 Å². The lowest BCUT2D eigenvalue weighted by Gasteiger charge is -2.28. The molecular weight excluding hydrogens is 276 g/mol. The molecule has 1 aliphatic carbocycles. The zero-order valence-corrected chi connectivity index (χ0v) is 12.9. The van der Waals surface area contributed by atoms with Crippen molar-refractivity contribution in [2.24, 2.45) is 18.7 Å². The van der Waals surface area contributed by atoms with E-state index in [1.165, 1.54) is 31.0 Å². The van der Waals surface area contributed by atoms with E-state index in [1.807, 2.05) is 11.6 Å². The van der Waals surface area contributed by atoms with Gasteiger partial charge in [0.1, 0.15) is 6.61 Å². The second-order valence-electron chi connectivity index (χ2n) is 5.32. The fraction of sp³-hybridized carbons (Fsp3) is 0.769.